The molecule has 3 fully saturated rings. The third-order valence-electron chi connectivity index (χ3n) is 8.98. The number of ketones is 1. The average molecular weight is 522 g/mol. The summed E-state index contributed by atoms with van der Waals surface area (Å²) in [4.78, 5) is 32.4. The van der Waals surface area contributed by atoms with Gasteiger partial charge in [0.05, 0.1) is 11.1 Å². The van der Waals surface area contributed by atoms with Crippen LogP contribution in [0, 0.1) is 5.92 Å². The van der Waals surface area contributed by atoms with Gasteiger partial charge in [0.1, 0.15) is 5.82 Å². The van der Waals surface area contributed by atoms with Gasteiger partial charge in [-0.1, -0.05) is 42.8 Å². The van der Waals surface area contributed by atoms with E-state index in [0.29, 0.717) is 18.2 Å². The molecule has 2 heterocycles. The van der Waals surface area contributed by atoms with Crippen LogP contribution in [0.15, 0.2) is 47.5 Å². The van der Waals surface area contributed by atoms with Gasteiger partial charge in [-0.3, -0.25) is 19.9 Å². The Hall–Kier alpha value is -2.26. The molecule has 1 aromatic heterocycles. The van der Waals surface area contributed by atoms with Crippen LogP contribution >= 0.6 is 11.8 Å². The van der Waals surface area contributed by atoms with Gasteiger partial charge < -0.3 is 5.32 Å². The zero-order chi connectivity index (χ0) is 26.0. The molecule has 2 aromatic rings. The van der Waals surface area contributed by atoms with E-state index in [1.807, 2.05) is 18.4 Å². The Morgan fingerprint density at radius 3 is 2.43 bits per heavy atom. The van der Waals surface area contributed by atoms with Crippen molar-refractivity contribution in [2.24, 2.45) is 5.92 Å². The lowest BCUT2D eigenvalue weighted by molar-refractivity contribution is -0.135. The summed E-state index contributed by atoms with van der Waals surface area (Å²) in [6, 6.07) is 14.9. The predicted octanol–water partition coefficient (Wildman–Crippen LogP) is 4.81. The van der Waals surface area contributed by atoms with Crippen LogP contribution in [-0.4, -0.2) is 47.5 Å². The topological polar surface area (TPSA) is 86.4 Å². The van der Waals surface area contributed by atoms with Crippen LogP contribution in [0.1, 0.15) is 75.0 Å². The summed E-state index contributed by atoms with van der Waals surface area (Å²) in [5, 5.41) is 3.69. The fourth-order valence-electron chi connectivity index (χ4n) is 6.31. The fourth-order valence-corrected chi connectivity index (χ4v) is 6.70. The van der Waals surface area contributed by atoms with Gasteiger partial charge in [-0.15, -0.1) is 11.8 Å². The summed E-state index contributed by atoms with van der Waals surface area (Å²) in [7, 11) is 4.38. The van der Waals surface area contributed by atoms with E-state index in [1.54, 1.807) is 0 Å². The summed E-state index contributed by atoms with van der Waals surface area (Å²) in [6.07, 6.45) is 10.7. The number of pyridine rings is 1. The van der Waals surface area contributed by atoms with Gasteiger partial charge in [0.2, 0.25) is 5.78 Å². The second kappa shape index (κ2) is 10.8. The number of hydrazine groups is 1. The van der Waals surface area contributed by atoms with Gasteiger partial charge in [-0.25, -0.2) is 10.4 Å². The molecule has 0 radical (unpaired) electrons. The largest absolute Gasteiger partial charge is 0.304 e. The number of nitrogens with zero attached hydrogens (tertiary/aromatic N) is 2. The van der Waals surface area contributed by atoms with Gasteiger partial charge in [0.15, 0.2) is 0 Å². The number of anilines is 1. The van der Waals surface area contributed by atoms with Crippen molar-refractivity contribution in [3.05, 3.63) is 53.6 Å². The Morgan fingerprint density at radius 1 is 1.08 bits per heavy atom. The summed E-state index contributed by atoms with van der Waals surface area (Å²) < 4.78 is 0. The highest BCUT2D eigenvalue weighted by Gasteiger charge is 2.48. The molecule has 0 unspecified atom stereocenters. The van der Waals surface area contributed by atoms with Crippen molar-refractivity contribution in [2.75, 3.05) is 25.7 Å². The number of aromatic nitrogens is 1. The monoisotopic (exact) mass is 521 g/mol. The first kappa shape index (κ1) is 26.4. The van der Waals surface area contributed by atoms with Crippen LogP contribution in [0.5, 0.6) is 0 Å². The normalized spacial score (nSPS) is 27.8. The zero-order valence-electron chi connectivity index (χ0n) is 22.2. The number of benzene rings is 1. The lowest BCUT2D eigenvalue weighted by Gasteiger charge is -2.49. The first-order chi connectivity index (χ1) is 17.8. The number of hydrogen-bond acceptors (Lipinski definition) is 7. The first-order valence-corrected chi connectivity index (χ1v) is 14.7. The highest BCUT2D eigenvalue weighted by molar-refractivity contribution is 7.98. The van der Waals surface area contributed by atoms with Gasteiger partial charge in [-0.05, 0) is 82.8 Å². The Morgan fingerprint density at radius 2 is 1.81 bits per heavy atom. The zero-order valence-corrected chi connectivity index (χ0v) is 23.0. The van der Waals surface area contributed by atoms with Gasteiger partial charge in [0.25, 0.3) is 5.91 Å². The molecular formula is C29H39N5O2S. The number of nitrogens with one attached hydrogen (secondary N) is 3. The third-order valence-corrected chi connectivity index (χ3v) is 9.62. The maximum atomic E-state index is 12.8. The van der Waals surface area contributed by atoms with Crippen molar-refractivity contribution in [3.63, 3.8) is 0 Å². The Kier molecular flexibility index (Phi) is 7.73. The molecule has 8 heteroatoms. The minimum Gasteiger partial charge on any atom is -0.304 e. The van der Waals surface area contributed by atoms with Crippen LogP contribution in [-0.2, 0) is 15.1 Å². The highest BCUT2D eigenvalue weighted by Crippen LogP contribution is 2.48. The quantitative estimate of drug-likeness (QED) is 0.339. The van der Waals surface area contributed by atoms with E-state index in [1.165, 1.54) is 17.3 Å². The van der Waals surface area contributed by atoms with Crippen LogP contribution < -0.4 is 16.2 Å². The molecule has 1 atom stereocenters. The first-order valence-electron chi connectivity index (χ1n) is 13.5. The Bertz CT molecular complexity index is 1130. The number of thioether (sulfide) groups is 1. The maximum Gasteiger partial charge on any atom is 0.292 e. The average Bonchev–Trinajstić information content (AvgIpc) is 3.30. The second-order valence-corrected chi connectivity index (χ2v) is 12.1. The van der Waals surface area contributed by atoms with E-state index in [2.05, 4.69) is 65.5 Å². The van der Waals surface area contributed by atoms with Crippen LogP contribution in [0.4, 0.5) is 5.82 Å². The van der Waals surface area contributed by atoms with E-state index in [-0.39, 0.29) is 22.9 Å². The molecule has 1 spiro atoms. The predicted molar refractivity (Wildman–Crippen MR) is 148 cm³/mol. The number of carbonyl (C=O) groups is 2. The third kappa shape index (κ3) is 5.35. The van der Waals surface area contributed by atoms with E-state index < -0.39 is 5.91 Å². The SMILES string of the molecule is CSc1ccc([C@@H]2CC3(CCC(c4ccccc4)(N(C)C)CC3)NN2)c(NC(=O)C(=O)CC2CCC2)n1. The second-order valence-electron chi connectivity index (χ2n) is 11.3. The number of amides is 1. The van der Waals surface area contributed by atoms with Crippen molar-refractivity contribution >= 4 is 29.3 Å². The number of carbonyl (C=O) groups excluding carboxylic acids is 2. The minimum absolute atomic E-state index is 0.00372. The standard InChI is InChI=1S/C29H39N5O2S/c1-34(2)29(21-10-5-4-6-11-21)16-14-28(15-17-29)19-23(32-33-28)22-12-13-25(37-3)30-26(22)31-27(36)24(35)18-20-8-7-9-20/h4-6,10-13,20,23,32-33H,7-9,14-19H2,1-3H3,(H,30,31,36)/t23-,28?,29?/m0/s1. The van der Waals surface area contributed by atoms with Gasteiger partial charge in [-0.2, -0.15) is 0 Å². The summed E-state index contributed by atoms with van der Waals surface area (Å²) in [6.45, 7) is 0. The Balaban J connectivity index is 1.30. The molecule has 1 aromatic carbocycles. The lowest BCUT2D eigenvalue weighted by Crippen LogP contribution is -2.53. The molecule has 0 bridgehead atoms. The molecule has 198 valence electrons. The van der Waals surface area contributed by atoms with E-state index in [4.69, 9.17) is 4.98 Å². The highest BCUT2D eigenvalue weighted by atomic mass is 32.2. The molecule has 7 nitrogen and oxygen atoms in total. The molecule has 1 aliphatic heterocycles. The van der Waals surface area contributed by atoms with Crippen LogP contribution in [0.3, 0.4) is 0 Å². The minimum atomic E-state index is -0.545. The molecule has 5 rings (SSSR count). The number of hydrogen-bond donors (Lipinski definition) is 3. The lowest BCUT2D eigenvalue weighted by atomic mass is 9.67. The molecule has 3 aliphatic rings. The molecule has 2 saturated carbocycles. The van der Waals surface area contributed by atoms with Gasteiger partial charge in [0, 0.05) is 23.1 Å². The Labute approximate surface area is 224 Å². The fraction of sp³-hybridized carbons (Fsp3) is 0.552. The summed E-state index contributed by atoms with van der Waals surface area (Å²) in [5.41, 5.74) is 9.49. The van der Waals surface area contributed by atoms with Crippen LogP contribution in [0.25, 0.3) is 0 Å². The van der Waals surface area contributed by atoms with Crippen molar-refractivity contribution in [1.29, 1.82) is 0 Å². The smallest absolute Gasteiger partial charge is 0.292 e. The summed E-state index contributed by atoms with van der Waals surface area (Å²) in [5.74, 6) is -0.0248. The van der Waals surface area contributed by atoms with Crippen LogP contribution in [0.2, 0.25) is 0 Å². The number of Topliss-reactive ketones (excluding diaryl/α,β-unsaturated/α-hetero) is 1. The molecule has 1 saturated heterocycles. The molecule has 1 amide bonds. The summed E-state index contributed by atoms with van der Waals surface area (Å²) >= 11 is 1.53. The molecule has 37 heavy (non-hydrogen) atoms. The van der Waals surface area contributed by atoms with E-state index >= 15 is 0 Å². The van der Waals surface area contributed by atoms with E-state index in [9.17, 15) is 9.59 Å². The van der Waals surface area contributed by atoms with Crippen molar-refractivity contribution in [3.8, 4) is 0 Å². The van der Waals surface area contributed by atoms with Gasteiger partial charge >= 0.3 is 0 Å². The maximum absolute atomic E-state index is 12.8. The molecule has 2 aliphatic carbocycles. The van der Waals surface area contributed by atoms with Crippen molar-refractivity contribution in [1.82, 2.24) is 20.7 Å². The molecular weight excluding hydrogens is 482 g/mol. The number of rotatable bonds is 8. The van der Waals surface area contributed by atoms with Crippen molar-refractivity contribution in [2.45, 2.75) is 79.9 Å². The molecule has 3 N–H and O–H groups in total. The van der Waals surface area contributed by atoms with E-state index in [0.717, 1.165) is 62.0 Å². The van der Waals surface area contributed by atoms with Crippen molar-refractivity contribution < 1.29 is 9.59 Å².